The van der Waals surface area contributed by atoms with E-state index in [0.717, 1.165) is 18.0 Å². The van der Waals surface area contributed by atoms with Crippen molar-refractivity contribution in [3.05, 3.63) is 24.3 Å². The first-order chi connectivity index (χ1) is 7.57. The van der Waals surface area contributed by atoms with Gasteiger partial charge in [0, 0.05) is 17.8 Å². The van der Waals surface area contributed by atoms with Crippen LogP contribution in [0.5, 0.6) is 5.75 Å². The van der Waals surface area contributed by atoms with E-state index in [9.17, 15) is 0 Å². The van der Waals surface area contributed by atoms with E-state index in [1.807, 2.05) is 38.2 Å². The Kier molecular flexibility index (Phi) is 4.62. The van der Waals surface area contributed by atoms with E-state index in [2.05, 4.69) is 24.5 Å². The third-order valence-corrected chi connectivity index (χ3v) is 2.27. The van der Waals surface area contributed by atoms with Crippen molar-refractivity contribution in [3.8, 4) is 5.75 Å². The molecule has 0 spiro atoms. The highest BCUT2D eigenvalue weighted by atomic mass is 16.5. The van der Waals surface area contributed by atoms with Gasteiger partial charge in [-0.1, -0.05) is 0 Å². The van der Waals surface area contributed by atoms with E-state index >= 15 is 0 Å². The number of likely N-dealkylation sites (N-methyl/N-ethyl adjacent to an activating group) is 1. The fourth-order valence-corrected chi connectivity index (χ4v) is 1.68. The summed E-state index contributed by atoms with van der Waals surface area (Å²) in [6.07, 6.45) is 0. The molecule has 1 aromatic rings. The fraction of sp³-hybridized carbons (Fsp3) is 0.538. The molecule has 3 nitrogen and oxygen atoms in total. The van der Waals surface area contributed by atoms with Gasteiger partial charge in [-0.05, 0) is 52.1 Å². The number of hydrogen-bond donors (Lipinski definition) is 2. The van der Waals surface area contributed by atoms with Gasteiger partial charge in [-0.2, -0.15) is 0 Å². The van der Waals surface area contributed by atoms with Crippen LogP contribution in [0.25, 0.3) is 0 Å². The number of anilines is 1. The second-order valence-corrected chi connectivity index (χ2v) is 4.50. The van der Waals surface area contributed by atoms with Gasteiger partial charge in [0.15, 0.2) is 0 Å². The lowest BCUT2D eigenvalue weighted by Gasteiger charge is -2.27. The Morgan fingerprint density at radius 3 is 2.31 bits per heavy atom. The van der Waals surface area contributed by atoms with Crippen molar-refractivity contribution in [1.82, 2.24) is 5.32 Å². The molecule has 90 valence electrons. The molecule has 3 heteroatoms. The first-order valence-electron chi connectivity index (χ1n) is 5.73. The SMILES string of the molecule is CCOc1ccc(NC(C)(C)CNC)cc1. The van der Waals surface area contributed by atoms with Crippen LogP contribution in [0.1, 0.15) is 20.8 Å². The van der Waals surface area contributed by atoms with Crippen LogP contribution in [0.15, 0.2) is 24.3 Å². The summed E-state index contributed by atoms with van der Waals surface area (Å²) in [4.78, 5) is 0. The van der Waals surface area contributed by atoms with Crippen LogP contribution in [-0.4, -0.2) is 25.7 Å². The molecule has 0 saturated heterocycles. The maximum absolute atomic E-state index is 5.40. The molecule has 0 radical (unpaired) electrons. The lowest BCUT2D eigenvalue weighted by molar-refractivity contribution is 0.340. The number of hydrogen-bond acceptors (Lipinski definition) is 3. The quantitative estimate of drug-likeness (QED) is 0.776. The standard InChI is InChI=1S/C13H22N2O/c1-5-16-12-8-6-11(7-9-12)15-13(2,3)10-14-4/h6-9,14-15H,5,10H2,1-4H3. The van der Waals surface area contributed by atoms with Crippen molar-refractivity contribution < 1.29 is 4.74 Å². The summed E-state index contributed by atoms with van der Waals surface area (Å²) in [5.74, 6) is 0.916. The predicted octanol–water partition coefficient (Wildman–Crippen LogP) is 2.50. The van der Waals surface area contributed by atoms with Crippen LogP contribution in [0.2, 0.25) is 0 Å². The molecule has 16 heavy (non-hydrogen) atoms. The van der Waals surface area contributed by atoms with Crippen molar-refractivity contribution in [2.45, 2.75) is 26.3 Å². The highest BCUT2D eigenvalue weighted by molar-refractivity contribution is 5.48. The first kappa shape index (κ1) is 12.8. The van der Waals surface area contributed by atoms with Crippen molar-refractivity contribution in [2.24, 2.45) is 0 Å². The topological polar surface area (TPSA) is 33.3 Å². The lowest BCUT2D eigenvalue weighted by Crippen LogP contribution is -2.40. The summed E-state index contributed by atoms with van der Waals surface area (Å²) in [6, 6.07) is 8.06. The van der Waals surface area contributed by atoms with Gasteiger partial charge in [0.25, 0.3) is 0 Å². The second-order valence-electron chi connectivity index (χ2n) is 4.50. The Bertz CT molecular complexity index is 306. The average molecular weight is 222 g/mol. The van der Waals surface area contributed by atoms with Gasteiger partial charge in [0.2, 0.25) is 0 Å². The Labute approximate surface area is 98.2 Å². The van der Waals surface area contributed by atoms with Crippen LogP contribution in [-0.2, 0) is 0 Å². The highest BCUT2D eigenvalue weighted by Gasteiger charge is 2.15. The van der Waals surface area contributed by atoms with E-state index in [0.29, 0.717) is 6.61 Å². The summed E-state index contributed by atoms with van der Waals surface area (Å²) in [6.45, 7) is 7.94. The molecule has 0 amide bonds. The minimum absolute atomic E-state index is 0.0435. The van der Waals surface area contributed by atoms with E-state index in [1.54, 1.807) is 0 Å². The third kappa shape index (κ3) is 4.11. The number of nitrogens with one attached hydrogen (secondary N) is 2. The van der Waals surface area contributed by atoms with Crippen molar-refractivity contribution in [3.63, 3.8) is 0 Å². The van der Waals surface area contributed by atoms with Crippen molar-refractivity contribution in [1.29, 1.82) is 0 Å². The monoisotopic (exact) mass is 222 g/mol. The van der Waals surface area contributed by atoms with E-state index in [1.165, 1.54) is 0 Å². The van der Waals surface area contributed by atoms with Gasteiger partial charge in [-0.15, -0.1) is 0 Å². The molecular weight excluding hydrogens is 200 g/mol. The van der Waals surface area contributed by atoms with E-state index in [4.69, 9.17) is 4.74 Å². The highest BCUT2D eigenvalue weighted by Crippen LogP contribution is 2.18. The Hall–Kier alpha value is -1.22. The predicted molar refractivity (Wildman–Crippen MR) is 69.2 cm³/mol. The molecule has 0 aromatic heterocycles. The Morgan fingerprint density at radius 1 is 1.19 bits per heavy atom. The van der Waals surface area contributed by atoms with Gasteiger partial charge in [0.05, 0.1) is 6.61 Å². The molecule has 0 aliphatic heterocycles. The molecule has 0 aliphatic carbocycles. The Morgan fingerprint density at radius 2 is 1.81 bits per heavy atom. The zero-order valence-corrected chi connectivity index (χ0v) is 10.6. The number of ether oxygens (including phenoxy) is 1. The summed E-state index contributed by atoms with van der Waals surface area (Å²) in [7, 11) is 1.96. The molecule has 0 atom stereocenters. The smallest absolute Gasteiger partial charge is 0.119 e. The van der Waals surface area contributed by atoms with Gasteiger partial charge in [-0.25, -0.2) is 0 Å². The first-order valence-corrected chi connectivity index (χ1v) is 5.73. The van der Waals surface area contributed by atoms with Gasteiger partial charge >= 0.3 is 0 Å². The van der Waals surface area contributed by atoms with Crippen molar-refractivity contribution in [2.75, 3.05) is 25.5 Å². The summed E-state index contributed by atoms with van der Waals surface area (Å²) in [5, 5.41) is 6.64. The Balaban J connectivity index is 2.61. The zero-order chi connectivity index (χ0) is 12.0. The molecule has 1 aromatic carbocycles. The van der Waals surface area contributed by atoms with E-state index in [-0.39, 0.29) is 5.54 Å². The molecule has 0 aliphatic rings. The van der Waals surface area contributed by atoms with Crippen LogP contribution < -0.4 is 15.4 Å². The van der Waals surface area contributed by atoms with Gasteiger partial charge in [0.1, 0.15) is 5.75 Å². The maximum atomic E-state index is 5.40. The van der Waals surface area contributed by atoms with Crippen LogP contribution >= 0.6 is 0 Å². The van der Waals surface area contributed by atoms with Crippen LogP contribution in [0, 0.1) is 0 Å². The molecule has 0 heterocycles. The molecular formula is C13H22N2O. The normalized spacial score (nSPS) is 11.2. The van der Waals surface area contributed by atoms with Crippen LogP contribution in [0.4, 0.5) is 5.69 Å². The molecule has 2 N–H and O–H groups in total. The summed E-state index contributed by atoms with van der Waals surface area (Å²) in [5.41, 5.74) is 1.16. The molecule has 0 saturated carbocycles. The zero-order valence-electron chi connectivity index (χ0n) is 10.6. The van der Waals surface area contributed by atoms with Gasteiger partial charge in [-0.3, -0.25) is 0 Å². The second kappa shape index (κ2) is 5.75. The minimum Gasteiger partial charge on any atom is -0.494 e. The molecule has 0 unspecified atom stereocenters. The summed E-state index contributed by atoms with van der Waals surface area (Å²) < 4.78 is 5.40. The summed E-state index contributed by atoms with van der Waals surface area (Å²) >= 11 is 0. The van der Waals surface area contributed by atoms with Gasteiger partial charge < -0.3 is 15.4 Å². The van der Waals surface area contributed by atoms with E-state index < -0.39 is 0 Å². The van der Waals surface area contributed by atoms with Crippen molar-refractivity contribution >= 4 is 5.69 Å². The molecule has 0 bridgehead atoms. The maximum Gasteiger partial charge on any atom is 0.119 e. The lowest BCUT2D eigenvalue weighted by atomic mass is 10.1. The third-order valence-electron chi connectivity index (χ3n) is 2.27. The fourth-order valence-electron chi connectivity index (χ4n) is 1.68. The average Bonchev–Trinajstić information content (AvgIpc) is 2.21. The number of benzene rings is 1. The molecule has 0 fully saturated rings. The number of rotatable bonds is 6. The minimum atomic E-state index is 0.0435. The molecule has 1 rings (SSSR count). The largest absolute Gasteiger partial charge is 0.494 e. The van der Waals surface area contributed by atoms with Crippen LogP contribution in [0.3, 0.4) is 0 Å².